The van der Waals surface area contributed by atoms with E-state index in [0.29, 0.717) is 17.8 Å². The first-order chi connectivity index (χ1) is 10.9. The van der Waals surface area contributed by atoms with Gasteiger partial charge in [0.15, 0.2) is 0 Å². The van der Waals surface area contributed by atoms with Crippen molar-refractivity contribution in [3.05, 3.63) is 54.3 Å². The van der Waals surface area contributed by atoms with Crippen LogP contribution in [0, 0.1) is 5.82 Å². The average Bonchev–Trinajstić information content (AvgIpc) is 2.50. The summed E-state index contributed by atoms with van der Waals surface area (Å²) in [5.41, 5.74) is 0.941. The summed E-state index contributed by atoms with van der Waals surface area (Å²) in [6, 6.07) is 10.9. The van der Waals surface area contributed by atoms with E-state index < -0.39 is 15.8 Å². The summed E-state index contributed by atoms with van der Waals surface area (Å²) < 4.78 is 39.6. The van der Waals surface area contributed by atoms with Gasteiger partial charge in [0, 0.05) is 17.8 Å². The van der Waals surface area contributed by atoms with Gasteiger partial charge < -0.3 is 5.32 Å². The van der Waals surface area contributed by atoms with Crippen molar-refractivity contribution >= 4 is 27.3 Å². The summed E-state index contributed by atoms with van der Waals surface area (Å²) in [6.07, 6.45) is 1.18. The van der Waals surface area contributed by atoms with Gasteiger partial charge in [-0.05, 0) is 55.0 Å². The summed E-state index contributed by atoms with van der Waals surface area (Å²) >= 11 is 0. The standard InChI is InChI=1S/C16H17FN2O3S/c1-2-3-16(20)18-13-6-8-14(9-7-13)19-23(21,22)15-10-4-12(17)5-11-15/h4-11,19H,2-3H2,1H3,(H,18,20). The fraction of sp³-hybridized carbons (Fsp3) is 0.188. The molecule has 0 aliphatic heterocycles. The Morgan fingerprint density at radius 1 is 1.00 bits per heavy atom. The number of anilines is 2. The van der Waals surface area contributed by atoms with E-state index in [1.54, 1.807) is 24.3 Å². The third kappa shape index (κ3) is 4.79. The van der Waals surface area contributed by atoms with Gasteiger partial charge >= 0.3 is 0 Å². The third-order valence-electron chi connectivity index (χ3n) is 3.02. The first kappa shape index (κ1) is 17.0. The molecule has 0 aliphatic rings. The quantitative estimate of drug-likeness (QED) is 0.849. The van der Waals surface area contributed by atoms with Gasteiger partial charge in [0.1, 0.15) is 5.82 Å². The molecule has 2 aromatic rings. The maximum absolute atomic E-state index is 12.9. The van der Waals surface area contributed by atoms with Crippen molar-refractivity contribution in [2.24, 2.45) is 0 Å². The Kier molecular flexibility index (Phi) is 5.33. The molecule has 23 heavy (non-hydrogen) atoms. The molecule has 0 unspecified atom stereocenters. The Balaban J connectivity index is 2.08. The van der Waals surface area contributed by atoms with Gasteiger partial charge in [0.25, 0.3) is 10.0 Å². The Bertz CT molecular complexity index is 772. The van der Waals surface area contributed by atoms with Gasteiger partial charge in [0.05, 0.1) is 4.90 Å². The van der Waals surface area contributed by atoms with E-state index in [-0.39, 0.29) is 10.8 Å². The van der Waals surface area contributed by atoms with Crippen molar-refractivity contribution in [1.29, 1.82) is 0 Å². The van der Waals surface area contributed by atoms with Gasteiger partial charge in [-0.1, -0.05) is 6.92 Å². The summed E-state index contributed by atoms with van der Waals surface area (Å²) in [7, 11) is -3.78. The summed E-state index contributed by atoms with van der Waals surface area (Å²) in [5, 5.41) is 2.71. The van der Waals surface area contributed by atoms with E-state index in [1.807, 2.05) is 6.92 Å². The number of carbonyl (C=O) groups is 1. The molecular formula is C16H17FN2O3S. The number of sulfonamides is 1. The highest BCUT2D eigenvalue weighted by Crippen LogP contribution is 2.18. The predicted octanol–water partition coefficient (Wildman–Crippen LogP) is 3.37. The van der Waals surface area contributed by atoms with E-state index in [4.69, 9.17) is 0 Å². The van der Waals surface area contributed by atoms with Crippen molar-refractivity contribution in [2.45, 2.75) is 24.7 Å². The minimum Gasteiger partial charge on any atom is -0.326 e. The molecule has 0 atom stereocenters. The molecule has 122 valence electrons. The van der Waals surface area contributed by atoms with Crippen LogP contribution in [-0.2, 0) is 14.8 Å². The van der Waals surface area contributed by atoms with Gasteiger partial charge in [-0.3, -0.25) is 9.52 Å². The Morgan fingerprint density at radius 2 is 1.57 bits per heavy atom. The van der Waals surface area contributed by atoms with Crippen LogP contribution in [-0.4, -0.2) is 14.3 Å². The first-order valence-corrected chi connectivity index (χ1v) is 8.57. The lowest BCUT2D eigenvalue weighted by atomic mass is 10.2. The van der Waals surface area contributed by atoms with Gasteiger partial charge in [-0.25, -0.2) is 12.8 Å². The van der Waals surface area contributed by atoms with Crippen LogP contribution in [0.15, 0.2) is 53.4 Å². The molecular weight excluding hydrogens is 319 g/mol. The normalized spacial score (nSPS) is 11.0. The molecule has 0 aliphatic carbocycles. The highest BCUT2D eigenvalue weighted by Gasteiger charge is 2.14. The minimum atomic E-state index is -3.78. The molecule has 0 fully saturated rings. The van der Waals surface area contributed by atoms with Crippen molar-refractivity contribution in [1.82, 2.24) is 0 Å². The molecule has 0 heterocycles. The molecule has 0 radical (unpaired) electrons. The monoisotopic (exact) mass is 336 g/mol. The zero-order valence-electron chi connectivity index (χ0n) is 12.5. The fourth-order valence-electron chi connectivity index (χ4n) is 1.90. The molecule has 2 N–H and O–H groups in total. The second-order valence-corrected chi connectivity index (χ2v) is 6.62. The number of benzene rings is 2. The van der Waals surface area contributed by atoms with Crippen molar-refractivity contribution < 1.29 is 17.6 Å². The van der Waals surface area contributed by atoms with Crippen LogP contribution in [0.25, 0.3) is 0 Å². The molecule has 1 amide bonds. The molecule has 0 bridgehead atoms. The van der Waals surface area contributed by atoms with Crippen LogP contribution >= 0.6 is 0 Å². The molecule has 0 spiro atoms. The van der Waals surface area contributed by atoms with Gasteiger partial charge in [-0.15, -0.1) is 0 Å². The average molecular weight is 336 g/mol. The molecule has 0 saturated carbocycles. The van der Waals surface area contributed by atoms with Crippen molar-refractivity contribution in [3.63, 3.8) is 0 Å². The number of halogens is 1. The Hall–Kier alpha value is -2.41. The maximum atomic E-state index is 12.9. The molecule has 7 heteroatoms. The van der Waals surface area contributed by atoms with Crippen LogP contribution in [0.4, 0.5) is 15.8 Å². The number of hydrogen-bond acceptors (Lipinski definition) is 3. The maximum Gasteiger partial charge on any atom is 0.261 e. The summed E-state index contributed by atoms with van der Waals surface area (Å²) in [6.45, 7) is 1.91. The lowest BCUT2D eigenvalue weighted by molar-refractivity contribution is -0.116. The Morgan fingerprint density at radius 3 is 2.13 bits per heavy atom. The van der Waals surface area contributed by atoms with E-state index >= 15 is 0 Å². The Labute approximate surface area is 134 Å². The number of rotatable bonds is 6. The van der Waals surface area contributed by atoms with E-state index in [0.717, 1.165) is 18.6 Å². The number of carbonyl (C=O) groups excluding carboxylic acids is 1. The SMILES string of the molecule is CCCC(=O)Nc1ccc(NS(=O)(=O)c2ccc(F)cc2)cc1. The highest BCUT2D eigenvalue weighted by molar-refractivity contribution is 7.92. The second-order valence-electron chi connectivity index (χ2n) is 4.93. The zero-order chi connectivity index (χ0) is 16.9. The first-order valence-electron chi connectivity index (χ1n) is 7.09. The molecule has 5 nitrogen and oxygen atoms in total. The van der Waals surface area contributed by atoms with Gasteiger partial charge in [0.2, 0.25) is 5.91 Å². The topological polar surface area (TPSA) is 75.3 Å². The number of nitrogens with one attached hydrogen (secondary N) is 2. The highest BCUT2D eigenvalue weighted by atomic mass is 32.2. The molecule has 2 aromatic carbocycles. The van der Waals surface area contributed by atoms with Crippen LogP contribution in [0.3, 0.4) is 0 Å². The number of amides is 1. The summed E-state index contributed by atoms with van der Waals surface area (Å²) in [4.78, 5) is 11.5. The minimum absolute atomic E-state index is 0.0285. The largest absolute Gasteiger partial charge is 0.326 e. The van der Waals surface area contributed by atoms with Crippen LogP contribution in [0.1, 0.15) is 19.8 Å². The predicted molar refractivity (Wildman–Crippen MR) is 87.2 cm³/mol. The van der Waals surface area contributed by atoms with Gasteiger partial charge in [-0.2, -0.15) is 0 Å². The van der Waals surface area contributed by atoms with E-state index in [9.17, 15) is 17.6 Å². The van der Waals surface area contributed by atoms with Crippen molar-refractivity contribution in [2.75, 3.05) is 10.0 Å². The zero-order valence-corrected chi connectivity index (χ0v) is 13.4. The molecule has 0 aromatic heterocycles. The van der Waals surface area contributed by atoms with Crippen LogP contribution in [0.2, 0.25) is 0 Å². The summed E-state index contributed by atoms with van der Waals surface area (Å²) in [5.74, 6) is -0.594. The van der Waals surface area contributed by atoms with Crippen LogP contribution in [0.5, 0.6) is 0 Å². The second kappa shape index (κ2) is 7.23. The van der Waals surface area contributed by atoms with Crippen molar-refractivity contribution in [3.8, 4) is 0 Å². The molecule has 2 rings (SSSR count). The number of hydrogen-bond donors (Lipinski definition) is 2. The molecule has 0 saturated heterocycles. The lowest BCUT2D eigenvalue weighted by Crippen LogP contribution is -2.13. The fourth-order valence-corrected chi connectivity index (χ4v) is 2.96. The third-order valence-corrected chi connectivity index (χ3v) is 4.42. The van der Waals surface area contributed by atoms with Crippen LogP contribution < -0.4 is 10.0 Å². The van der Waals surface area contributed by atoms with E-state index in [1.165, 1.54) is 12.1 Å². The van der Waals surface area contributed by atoms with E-state index in [2.05, 4.69) is 10.0 Å². The lowest BCUT2D eigenvalue weighted by Gasteiger charge is -2.09. The smallest absolute Gasteiger partial charge is 0.261 e.